The first-order valence-corrected chi connectivity index (χ1v) is 6.43. The molecule has 0 saturated carbocycles. The van der Waals surface area contributed by atoms with Crippen molar-refractivity contribution in [1.29, 1.82) is 0 Å². The van der Waals surface area contributed by atoms with E-state index >= 15 is 0 Å². The van der Waals surface area contributed by atoms with Crippen molar-refractivity contribution < 1.29 is 19.4 Å². The maximum Gasteiger partial charge on any atom is 0.328 e. The standard InChI is InChI=1S/C15H18O4/c16-15(17)6-5-12-1-3-13(4-2-12)11-19-14-7-9-18-10-8-14/h1-6,14H,7-11H2,(H,16,17). The van der Waals surface area contributed by atoms with Gasteiger partial charge in [0.15, 0.2) is 0 Å². The van der Waals surface area contributed by atoms with E-state index in [2.05, 4.69) is 0 Å². The van der Waals surface area contributed by atoms with E-state index in [0.717, 1.165) is 43.3 Å². The van der Waals surface area contributed by atoms with E-state index in [-0.39, 0.29) is 0 Å². The molecule has 1 aliphatic rings. The molecule has 1 N–H and O–H groups in total. The Bertz CT molecular complexity index is 430. The second-order valence-electron chi connectivity index (χ2n) is 4.54. The molecule has 2 rings (SSSR count). The van der Waals surface area contributed by atoms with Crippen LogP contribution in [0.5, 0.6) is 0 Å². The minimum atomic E-state index is -0.938. The van der Waals surface area contributed by atoms with Gasteiger partial charge in [0.25, 0.3) is 0 Å². The molecule has 1 aromatic rings. The van der Waals surface area contributed by atoms with E-state index in [0.29, 0.717) is 12.7 Å². The first kappa shape index (κ1) is 13.8. The molecule has 1 saturated heterocycles. The zero-order valence-corrected chi connectivity index (χ0v) is 10.7. The smallest absolute Gasteiger partial charge is 0.328 e. The molecule has 1 aliphatic heterocycles. The van der Waals surface area contributed by atoms with Crippen LogP contribution in [-0.4, -0.2) is 30.4 Å². The molecule has 1 fully saturated rings. The van der Waals surface area contributed by atoms with Crippen LogP contribution >= 0.6 is 0 Å². The van der Waals surface area contributed by atoms with Gasteiger partial charge >= 0.3 is 5.97 Å². The van der Waals surface area contributed by atoms with Crippen LogP contribution in [-0.2, 0) is 20.9 Å². The minimum absolute atomic E-state index is 0.292. The number of carboxylic acids is 1. The topological polar surface area (TPSA) is 55.8 Å². The SMILES string of the molecule is O=C(O)C=Cc1ccc(COC2CCOCC2)cc1. The Morgan fingerprint density at radius 1 is 1.32 bits per heavy atom. The zero-order chi connectivity index (χ0) is 13.5. The molecule has 0 spiro atoms. The molecule has 4 heteroatoms. The molecule has 4 nitrogen and oxygen atoms in total. The molecule has 0 amide bonds. The highest BCUT2D eigenvalue weighted by molar-refractivity contribution is 5.85. The van der Waals surface area contributed by atoms with Crippen LogP contribution in [0.15, 0.2) is 30.3 Å². The maximum atomic E-state index is 10.4. The molecule has 19 heavy (non-hydrogen) atoms. The number of rotatable bonds is 5. The molecule has 0 radical (unpaired) electrons. The lowest BCUT2D eigenvalue weighted by Crippen LogP contribution is -2.23. The predicted octanol–water partition coefficient (Wildman–Crippen LogP) is 2.48. The molecule has 0 aliphatic carbocycles. The summed E-state index contributed by atoms with van der Waals surface area (Å²) in [6, 6.07) is 7.70. The molecule has 102 valence electrons. The number of hydrogen-bond acceptors (Lipinski definition) is 3. The normalized spacial score (nSPS) is 16.8. The average molecular weight is 262 g/mol. The van der Waals surface area contributed by atoms with Crippen LogP contribution < -0.4 is 0 Å². The van der Waals surface area contributed by atoms with E-state index in [1.165, 1.54) is 0 Å². The Morgan fingerprint density at radius 2 is 2.00 bits per heavy atom. The summed E-state index contributed by atoms with van der Waals surface area (Å²) >= 11 is 0. The maximum absolute atomic E-state index is 10.4. The first-order chi connectivity index (χ1) is 9.24. The highest BCUT2D eigenvalue weighted by Gasteiger charge is 2.13. The Kier molecular flexibility index (Phi) is 5.12. The third-order valence-electron chi connectivity index (χ3n) is 3.05. The number of carbonyl (C=O) groups is 1. The van der Waals surface area contributed by atoms with E-state index < -0.39 is 5.97 Å². The van der Waals surface area contributed by atoms with Gasteiger partial charge in [-0.25, -0.2) is 4.79 Å². The summed E-state index contributed by atoms with van der Waals surface area (Å²) in [7, 11) is 0. The molecular weight excluding hydrogens is 244 g/mol. The summed E-state index contributed by atoms with van der Waals surface area (Å²) in [5.74, 6) is -0.938. The van der Waals surface area contributed by atoms with Crippen LogP contribution in [0.1, 0.15) is 24.0 Å². The fourth-order valence-electron chi connectivity index (χ4n) is 1.95. The molecule has 0 aromatic heterocycles. The van der Waals surface area contributed by atoms with E-state index in [1.807, 2.05) is 24.3 Å². The summed E-state index contributed by atoms with van der Waals surface area (Å²) in [5, 5.41) is 8.54. The summed E-state index contributed by atoms with van der Waals surface area (Å²) in [4.78, 5) is 10.4. The number of carboxylic acid groups (broad SMARTS) is 1. The van der Waals surface area contributed by atoms with Gasteiger partial charge < -0.3 is 14.6 Å². The predicted molar refractivity (Wildman–Crippen MR) is 71.7 cm³/mol. The zero-order valence-electron chi connectivity index (χ0n) is 10.7. The minimum Gasteiger partial charge on any atom is -0.478 e. The Labute approximate surface area is 112 Å². The molecule has 1 heterocycles. The molecular formula is C15H18O4. The van der Waals surface area contributed by atoms with Crippen LogP contribution in [0.25, 0.3) is 6.08 Å². The first-order valence-electron chi connectivity index (χ1n) is 6.43. The van der Waals surface area contributed by atoms with E-state index in [1.54, 1.807) is 6.08 Å². The van der Waals surface area contributed by atoms with Crippen molar-refractivity contribution >= 4 is 12.0 Å². The van der Waals surface area contributed by atoms with Crippen LogP contribution in [0.3, 0.4) is 0 Å². The van der Waals surface area contributed by atoms with Crippen molar-refractivity contribution in [2.45, 2.75) is 25.6 Å². The van der Waals surface area contributed by atoms with Gasteiger partial charge in [-0.1, -0.05) is 24.3 Å². The van der Waals surface area contributed by atoms with Crippen LogP contribution in [0.2, 0.25) is 0 Å². The quantitative estimate of drug-likeness (QED) is 0.828. The summed E-state index contributed by atoms with van der Waals surface area (Å²) < 4.78 is 11.1. The lowest BCUT2D eigenvalue weighted by Gasteiger charge is -2.22. The molecule has 0 atom stereocenters. The van der Waals surface area contributed by atoms with Crippen LogP contribution in [0.4, 0.5) is 0 Å². The van der Waals surface area contributed by atoms with Crippen molar-refractivity contribution in [2.75, 3.05) is 13.2 Å². The van der Waals surface area contributed by atoms with Crippen LogP contribution in [0, 0.1) is 0 Å². The van der Waals surface area contributed by atoms with Gasteiger partial charge in [-0.05, 0) is 30.0 Å². The fourth-order valence-corrected chi connectivity index (χ4v) is 1.95. The van der Waals surface area contributed by atoms with Gasteiger partial charge in [0.2, 0.25) is 0 Å². The highest BCUT2D eigenvalue weighted by Crippen LogP contribution is 2.14. The van der Waals surface area contributed by atoms with Gasteiger partial charge in [-0.15, -0.1) is 0 Å². The highest BCUT2D eigenvalue weighted by atomic mass is 16.5. The molecule has 0 unspecified atom stereocenters. The number of benzene rings is 1. The lowest BCUT2D eigenvalue weighted by atomic mass is 10.1. The molecule has 0 bridgehead atoms. The number of hydrogen-bond donors (Lipinski definition) is 1. The summed E-state index contributed by atoms with van der Waals surface area (Å²) in [5.41, 5.74) is 1.97. The van der Waals surface area contributed by atoms with E-state index in [9.17, 15) is 4.79 Å². The third-order valence-corrected chi connectivity index (χ3v) is 3.05. The fraction of sp³-hybridized carbons (Fsp3) is 0.400. The van der Waals surface area contributed by atoms with Gasteiger partial charge in [0, 0.05) is 19.3 Å². The average Bonchev–Trinajstić information content (AvgIpc) is 2.45. The van der Waals surface area contributed by atoms with Gasteiger partial charge in [0.05, 0.1) is 12.7 Å². The van der Waals surface area contributed by atoms with Gasteiger partial charge in [0.1, 0.15) is 0 Å². The van der Waals surface area contributed by atoms with E-state index in [4.69, 9.17) is 14.6 Å². The van der Waals surface area contributed by atoms with Gasteiger partial charge in [-0.2, -0.15) is 0 Å². The third kappa shape index (κ3) is 4.85. The molecule has 1 aromatic carbocycles. The Balaban J connectivity index is 1.82. The summed E-state index contributed by atoms with van der Waals surface area (Å²) in [6.45, 7) is 2.15. The monoisotopic (exact) mass is 262 g/mol. The second kappa shape index (κ2) is 7.07. The van der Waals surface area contributed by atoms with Crippen molar-refractivity contribution in [1.82, 2.24) is 0 Å². The summed E-state index contributed by atoms with van der Waals surface area (Å²) in [6.07, 6.45) is 4.91. The van der Waals surface area contributed by atoms with Crippen molar-refractivity contribution in [2.24, 2.45) is 0 Å². The number of ether oxygens (including phenoxy) is 2. The second-order valence-corrected chi connectivity index (χ2v) is 4.54. The van der Waals surface area contributed by atoms with Crippen molar-refractivity contribution in [3.05, 3.63) is 41.5 Å². The lowest BCUT2D eigenvalue weighted by molar-refractivity contribution is -0.131. The number of aliphatic carboxylic acids is 1. The Morgan fingerprint density at radius 3 is 2.63 bits per heavy atom. The van der Waals surface area contributed by atoms with Crippen molar-refractivity contribution in [3.8, 4) is 0 Å². The van der Waals surface area contributed by atoms with Crippen molar-refractivity contribution in [3.63, 3.8) is 0 Å². The Hall–Kier alpha value is -1.65. The largest absolute Gasteiger partial charge is 0.478 e. The van der Waals surface area contributed by atoms with Gasteiger partial charge in [-0.3, -0.25) is 0 Å².